The van der Waals surface area contributed by atoms with E-state index in [1.807, 2.05) is 23.6 Å². The summed E-state index contributed by atoms with van der Waals surface area (Å²) in [7, 11) is 0. The van der Waals surface area contributed by atoms with Gasteiger partial charge in [0.2, 0.25) is 0 Å². The Hall–Kier alpha value is -2.40. The SMILES string of the molecule is Oc1ccc(-c2csc(-c3ccccn3)n2)cc1O. The van der Waals surface area contributed by atoms with Gasteiger partial charge in [-0.05, 0) is 30.3 Å². The maximum absolute atomic E-state index is 9.50. The van der Waals surface area contributed by atoms with Gasteiger partial charge in [-0.2, -0.15) is 0 Å². The predicted octanol–water partition coefficient (Wildman–Crippen LogP) is 3.28. The number of hydrogen-bond acceptors (Lipinski definition) is 5. The first-order valence-corrected chi connectivity index (χ1v) is 6.51. The number of aromatic nitrogens is 2. The predicted molar refractivity (Wildman–Crippen MR) is 74.1 cm³/mol. The van der Waals surface area contributed by atoms with Crippen molar-refractivity contribution in [2.45, 2.75) is 0 Å². The lowest BCUT2D eigenvalue weighted by molar-refractivity contribution is 0.404. The van der Waals surface area contributed by atoms with Crippen molar-refractivity contribution in [3.63, 3.8) is 0 Å². The summed E-state index contributed by atoms with van der Waals surface area (Å²) in [6.45, 7) is 0. The molecular weight excluding hydrogens is 260 g/mol. The van der Waals surface area contributed by atoms with Crippen molar-refractivity contribution in [3.8, 4) is 33.5 Å². The summed E-state index contributed by atoms with van der Waals surface area (Å²) in [4.78, 5) is 8.73. The summed E-state index contributed by atoms with van der Waals surface area (Å²) >= 11 is 1.49. The van der Waals surface area contributed by atoms with Crippen LogP contribution in [0.15, 0.2) is 48.0 Å². The van der Waals surface area contributed by atoms with Gasteiger partial charge < -0.3 is 10.2 Å². The molecule has 0 saturated carbocycles. The van der Waals surface area contributed by atoms with Crippen molar-refractivity contribution in [1.82, 2.24) is 9.97 Å². The molecule has 3 rings (SSSR count). The Morgan fingerprint density at radius 2 is 1.84 bits per heavy atom. The van der Waals surface area contributed by atoms with E-state index in [1.165, 1.54) is 23.5 Å². The summed E-state index contributed by atoms with van der Waals surface area (Å²) in [5.74, 6) is -0.284. The van der Waals surface area contributed by atoms with Gasteiger partial charge in [-0.1, -0.05) is 6.07 Å². The molecule has 5 heteroatoms. The molecule has 0 atom stereocenters. The minimum atomic E-state index is -0.148. The lowest BCUT2D eigenvalue weighted by atomic mass is 10.1. The van der Waals surface area contributed by atoms with Crippen LogP contribution in [0.4, 0.5) is 0 Å². The molecule has 2 heterocycles. The van der Waals surface area contributed by atoms with Crippen LogP contribution in [-0.4, -0.2) is 20.2 Å². The van der Waals surface area contributed by atoms with Crippen LogP contribution in [0.3, 0.4) is 0 Å². The zero-order valence-electron chi connectivity index (χ0n) is 9.82. The molecule has 0 aliphatic carbocycles. The van der Waals surface area contributed by atoms with Crippen LogP contribution in [0.1, 0.15) is 0 Å². The van der Waals surface area contributed by atoms with Gasteiger partial charge in [0.05, 0.1) is 11.4 Å². The van der Waals surface area contributed by atoms with Crippen molar-refractivity contribution in [2.75, 3.05) is 0 Å². The van der Waals surface area contributed by atoms with Crippen LogP contribution in [0, 0.1) is 0 Å². The molecule has 0 amide bonds. The average molecular weight is 270 g/mol. The Morgan fingerprint density at radius 3 is 2.58 bits per heavy atom. The number of phenols is 2. The van der Waals surface area contributed by atoms with E-state index < -0.39 is 0 Å². The van der Waals surface area contributed by atoms with E-state index in [9.17, 15) is 10.2 Å². The fourth-order valence-corrected chi connectivity index (χ4v) is 2.50. The molecule has 0 saturated heterocycles. The Morgan fingerprint density at radius 1 is 0.947 bits per heavy atom. The second-order valence-electron chi connectivity index (χ2n) is 3.96. The normalized spacial score (nSPS) is 10.5. The van der Waals surface area contributed by atoms with Crippen molar-refractivity contribution < 1.29 is 10.2 Å². The largest absolute Gasteiger partial charge is 0.504 e. The highest BCUT2D eigenvalue weighted by atomic mass is 32.1. The van der Waals surface area contributed by atoms with Crippen LogP contribution in [0.25, 0.3) is 22.0 Å². The van der Waals surface area contributed by atoms with E-state index in [4.69, 9.17) is 0 Å². The number of rotatable bonds is 2. The third-order valence-electron chi connectivity index (χ3n) is 2.66. The number of nitrogens with zero attached hydrogens (tertiary/aromatic N) is 2. The molecule has 0 radical (unpaired) electrons. The maximum Gasteiger partial charge on any atom is 0.158 e. The van der Waals surface area contributed by atoms with Crippen LogP contribution in [-0.2, 0) is 0 Å². The summed E-state index contributed by atoms with van der Waals surface area (Å²) < 4.78 is 0. The number of thiazole rings is 1. The van der Waals surface area contributed by atoms with Gasteiger partial charge >= 0.3 is 0 Å². The molecule has 3 aromatic rings. The van der Waals surface area contributed by atoms with Crippen LogP contribution in [0.5, 0.6) is 11.5 Å². The Kier molecular flexibility index (Phi) is 2.89. The highest BCUT2D eigenvalue weighted by molar-refractivity contribution is 7.13. The lowest BCUT2D eigenvalue weighted by Crippen LogP contribution is -1.82. The highest BCUT2D eigenvalue weighted by Crippen LogP contribution is 2.32. The minimum absolute atomic E-state index is 0.135. The number of phenolic OH excluding ortho intramolecular Hbond substituents is 2. The molecule has 0 spiro atoms. The first kappa shape index (κ1) is 11.7. The van der Waals surface area contributed by atoms with E-state index in [1.54, 1.807) is 12.3 Å². The van der Waals surface area contributed by atoms with Gasteiger partial charge in [0.1, 0.15) is 5.01 Å². The van der Waals surface area contributed by atoms with Gasteiger partial charge in [0.25, 0.3) is 0 Å². The fraction of sp³-hybridized carbons (Fsp3) is 0. The lowest BCUT2D eigenvalue weighted by Gasteiger charge is -2.00. The summed E-state index contributed by atoms with van der Waals surface area (Å²) in [6, 6.07) is 10.3. The van der Waals surface area contributed by atoms with E-state index in [2.05, 4.69) is 9.97 Å². The molecule has 0 fully saturated rings. The molecule has 2 aromatic heterocycles. The van der Waals surface area contributed by atoms with Crippen LogP contribution < -0.4 is 0 Å². The van der Waals surface area contributed by atoms with Crippen molar-refractivity contribution in [2.24, 2.45) is 0 Å². The average Bonchev–Trinajstić information content (AvgIpc) is 2.93. The highest BCUT2D eigenvalue weighted by Gasteiger charge is 2.09. The number of pyridine rings is 1. The van der Waals surface area contributed by atoms with Crippen molar-refractivity contribution >= 4 is 11.3 Å². The monoisotopic (exact) mass is 270 g/mol. The molecule has 0 bridgehead atoms. The van der Waals surface area contributed by atoms with Crippen LogP contribution >= 0.6 is 11.3 Å². The third-order valence-corrected chi connectivity index (χ3v) is 3.52. The standard InChI is InChI=1S/C14H10N2O2S/c17-12-5-4-9(7-13(12)18)11-8-19-14(16-11)10-3-1-2-6-15-10/h1-8,17-18H. The van der Waals surface area contributed by atoms with Gasteiger partial charge in [-0.3, -0.25) is 4.98 Å². The summed E-state index contributed by atoms with van der Waals surface area (Å²) in [5.41, 5.74) is 2.33. The second kappa shape index (κ2) is 4.70. The van der Waals surface area contributed by atoms with E-state index >= 15 is 0 Å². The quantitative estimate of drug-likeness (QED) is 0.701. The fourth-order valence-electron chi connectivity index (χ4n) is 1.70. The smallest absolute Gasteiger partial charge is 0.158 e. The number of aromatic hydroxyl groups is 2. The second-order valence-corrected chi connectivity index (χ2v) is 4.81. The molecule has 0 aliphatic heterocycles. The van der Waals surface area contributed by atoms with Crippen LogP contribution in [0.2, 0.25) is 0 Å². The number of hydrogen-bond donors (Lipinski definition) is 2. The molecule has 2 N–H and O–H groups in total. The van der Waals surface area contributed by atoms with E-state index in [-0.39, 0.29) is 11.5 Å². The summed E-state index contributed by atoms with van der Waals surface area (Å²) in [5, 5.41) is 21.5. The molecular formula is C14H10N2O2S. The topological polar surface area (TPSA) is 66.2 Å². The molecule has 0 aliphatic rings. The molecule has 0 unspecified atom stereocenters. The minimum Gasteiger partial charge on any atom is -0.504 e. The Labute approximate surface area is 113 Å². The number of benzene rings is 1. The summed E-state index contributed by atoms with van der Waals surface area (Å²) in [6.07, 6.45) is 1.72. The molecule has 1 aromatic carbocycles. The molecule has 94 valence electrons. The van der Waals surface area contributed by atoms with E-state index in [0.29, 0.717) is 0 Å². The first-order chi connectivity index (χ1) is 9.24. The zero-order chi connectivity index (χ0) is 13.2. The Bertz CT molecular complexity index is 710. The molecule has 4 nitrogen and oxygen atoms in total. The Balaban J connectivity index is 1.99. The maximum atomic E-state index is 9.50. The van der Waals surface area contributed by atoms with E-state index in [0.717, 1.165) is 22.0 Å². The van der Waals surface area contributed by atoms with Gasteiger partial charge in [0, 0.05) is 17.1 Å². The van der Waals surface area contributed by atoms with Crippen molar-refractivity contribution in [3.05, 3.63) is 48.0 Å². The zero-order valence-corrected chi connectivity index (χ0v) is 10.6. The molecule has 19 heavy (non-hydrogen) atoms. The van der Waals surface area contributed by atoms with Gasteiger partial charge in [-0.25, -0.2) is 4.98 Å². The third kappa shape index (κ3) is 2.28. The van der Waals surface area contributed by atoms with Crippen molar-refractivity contribution in [1.29, 1.82) is 0 Å². The van der Waals surface area contributed by atoms with Gasteiger partial charge in [0.15, 0.2) is 11.5 Å². The first-order valence-electron chi connectivity index (χ1n) is 5.63. The van der Waals surface area contributed by atoms with Gasteiger partial charge in [-0.15, -0.1) is 11.3 Å².